The number of piperidine rings is 1. The van der Waals surface area contributed by atoms with Crippen molar-refractivity contribution < 1.29 is 14.3 Å². The molecule has 0 saturated carbocycles. The van der Waals surface area contributed by atoms with E-state index in [-0.39, 0.29) is 11.6 Å². The zero-order chi connectivity index (χ0) is 25.8. The molecule has 4 aliphatic rings. The molecular weight excluding hydrogens is 464 g/mol. The van der Waals surface area contributed by atoms with Crippen LogP contribution in [0.25, 0.3) is 0 Å². The summed E-state index contributed by atoms with van der Waals surface area (Å²) < 4.78 is 11.2. The van der Waals surface area contributed by atoms with Crippen LogP contribution in [0.15, 0.2) is 65.0 Å². The summed E-state index contributed by atoms with van der Waals surface area (Å²) in [6.45, 7) is 6.22. The van der Waals surface area contributed by atoms with E-state index in [0.29, 0.717) is 13.1 Å². The number of benzene rings is 1. The molecule has 5 rings (SSSR count). The lowest BCUT2D eigenvalue weighted by Gasteiger charge is -2.44. The second kappa shape index (κ2) is 11.0. The average Bonchev–Trinajstić information content (AvgIpc) is 3.03. The number of urea groups is 1. The van der Waals surface area contributed by atoms with E-state index < -0.39 is 0 Å². The molecule has 7 heteroatoms. The van der Waals surface area contributed by atoms with Crippen LogP contribution in [0.2, 0.25) is 0 Å². The summed E-state index contributed by atoms with van der Waals surface area (Å²) >= 11 is 0. The number of likely N-dealkylation sites (tertiary alicyclic amines) is 1. The highest BCUT2D eigenvalue weighted by Gasteiger charge is 2.54. The fourth-order valence-corrected chi connectivity index (χ4v) is 6.24. The van der Waals surface area contributed by atoms with Gasteiger partial charge in [0.1, 0.15) is 11.5 Å². The molecule has 1 aromatic carbocycles. The van der Waals surface area contributed by atoms with E-state index in [4.69, 9.17) is 9.47 Å². The quantitative estimate of drug-likeness (QED) is 0.562. The minimum Gasteiger partial charge on any atom is -0.497 e. The Morgan fingerprint density at radius 3 is 2.68 bits per heavy atom. The maximum absolute atomic E-state index is 13.7. The number of methoxy groups -OCH3 is 2. The van der Waals surface area contributed by atoms with E-state index >= 15 is 0 Å². The molecule has 196 valence electrons. The number of likely N-dealkylation sites (N-methyl/N-ethyl adjacent to an activating group) is 1. The van der Waals surface area contributed by atoms with Gasteiger partial charge in [-0.25, -0.2) is 4.79 Å². The molecule has 7 nitrogen and oxygen atoms in total. The molecule has 2 fully saturated rings. The van der Waals surface area contributed by atoms with E-state index in [9.17, 15) is 4.79 Å². The Hall–Kier alpha value is -3.32. The summed E-state index contributed by atoms with van der Waals surface area (Å²) in [5.74, 6) is 1.58. The topological polar surface area (TPSA) is 57.6 Å². The number of carbonyl (C=O) groups is 1. The molecule has 0 unspecified atom stereocenters. The van der Waals surface area contributed by atoms with Gasteiger partial charge in [-0.15, -0.1) is 0 Å². The lowest BCUT2D eigenvalue weighted by molar-refractivity contribution is 0.0966. The van der Waals surface area contributed by atoms with Gasteiger partial charge in [0.05, 0.1) is 26.3 Å². The summed E-state index contributed by atoms with van der Waals surface area (Å²) in [6.07, 6.45) is 19.2. The largest absolute Gasteiger partial charge is 0.497 e. The molecule has 0 bridgehead atoms. The lowest BCUT2D eigenvalue weighted by atomic mass is 9.83. The Bertz CT molecular complexity index is 1170. The van der Waals surface area contributed by atoms with E-state index in [2.05, 4.69) is 52.1 Å². The molecule has 1 aromatic rings. The number of allylic oxidation sites excluding steroid dienone is 5. The van der Waals surface area contributed by atoms with Crippen LogP contribution < -0.4 is 9.47 Å². The van der Waals surface area contributed by atoms with Gasteiger partial charge in [-0.2, -0.15) is 0 Å². The third-order valence-electron chi connectivity index (χ3n) is 8.12. The second-order valence-electron chi connectivity index (χ2n) is 10.1. The third-order valence-corrected chi connectivity index (χ3v) is 8.12. The molecule has 0 aliphatic carbocycles. The highest BCUT2D eigenvalue weighted by atomic mass is 16.5. The van der Waals surface area contributed by atoms with Crippen molar-refractivity contribution in [1.29, 1.82) is 0 Å². The van der Waals surface area contributed by atoms with Crippen LogP contribution in [-0.2, 0) is 13.0 Å². The summed E-state index contributed by atoms with van der Waals surface area (Å²) in [7, 11) is 3.36. The van der Waals surface area contributed by atoms with Gasteiger partial charge in [-0.05, 0) is 44.2 Å². The SMILES string of the molecule is CCN1C(=O)N2Cc3cc(OC)cc(OC)c3CC=C2C12CCN(C/C1=C/C=C\CC=N/C=C\C1)CC2. The second-order valence-corrected chi connectivity index (χ2v) is 10.1. The molecule has 2 saturated heterocycles. The zero-order valence-electron chi connectivity index (χ0n) is 22.3. The molecule has 1 spiro atoms. The predicted octanol–water partition coefficient (Wildman–Crippen LogP) is 5.10. The molecule has 4 heterocycles. The highest BCUT2D eigenvalue weighted by molar-refractivity contribution is 5.83. The summed E-state index contributed by atoms with van der Waals surface area (Å²) in [5.41, 5.74) is 4.54. The number of carbonyl (C=O) groups excluding carboxylic acids is 1. The number of nitrogens with zero attached hydrogens (tertiary/aromatic N) is 4. The van der Waals surface area contributed by atoms with Crippen LogP contribution >= 0.6 is 0 Å². The van der Waals surface area contributed by atoms with Gasteiger partial charge in [-0.3, -0.25) is 14.8 Å². The van der Waals surface area contributed by atoms with Crippen molar-refractivity contribution in [1.82, 2.24) is 14.7 Å². The van der Waals surface area contributed by atoms with E-state index in [1.165, 1.54) is 5.57 Å². The van der Waals surface area contributed by atoms with Gasteiger partial charge in [0.2, 0.25) is 0 Å². The van der Waals surface area contributed by atoms with Crippen molar-refractivity contribution in [2.24, 2.45) is 4.99 Å². The standard InChI is InChI=1S/C30H38N4O3/c1-4-34-29(35)33-22-24-19-25(36-2)20-27(37-3)26(24)11-12-28(33)30(34)13-17-32(18-14-30)21-23-9-6-5-7-15-31-16-8-10-23/h5-6,8-9,12,15-16,19-20H,4,7,10-11,13-14,17-18,21-22H2,1-3H3/b6-5-,16-8-,23-9+,31-15?. The van der Waals surface area contributed by atoms with Crippen molar-refractivity contribution in [3.8, 4) is 11.5 Å². The number of hydrogen-bond acceptors (Lipinski definition) is 5. The molecule has 4 aliphatic heterocycles. The Balaban J connectivity index is 1.37. The normalized spacial score (nSPS) is 24.5. The van der Waals surface area contributed by atoms with Gasteiger partial charge in [0.25, 0.3) is 0 Å². The summed E-state index contributed by atoms with van der Waals surface area (Å²) in [4.78, 5) is 24.7. The number of aliphatic imine (C=N–C) groups is 1. The van der Waals surface area contributed by atoms with Crippen LogP contribution in [0, 0.1) is 0 Å². The molecule has 2 amide bonds. The van der Waals surface area contributed by atoms with Gasteiger partial charge in [-0.1, -0.05) is 36.0 Å². The average molecular weight is 503 g/mol. The molecule has 0 N–H and O–H groups in total. The summed E-state index contributed by atoms with van der Waals surface area (Å²) in [6, 6.07) is 4.10. The van der Waals surface area contributed by atoms with Gasteiger partial charge >= 0.3 is 6.03 Å². The molecule has 0 atom stereocenters. The van der Waals surface area contributed by atoms with Gasteiger partial charge in [0, 0.05) is 62.3 Å². The van der Waals surface area contributed by atoms with Crippen LogP contribution in [0.5, 0.6) is 11.5 Å². The first-order valence-corrected chi connectivity index (χ1v) is 13.4. The predicted molar refractivity (Wildman–Crippen MR) is 147 cm³/mol. The fraction of sp³-hybridized carbons (Fsp3) is 0.467. The first kappa shape index (κ1) is 25.3. The smallest absolute Gasteiger partial charge is 0.325 e. The molecule has 37 heavy (non-hydrogen) atoms. The van der Waals surface area contributed by atoms with Crippen LogP contribution in [-0.4, -0.2) is 72.9 Å². The van der Waals surface area contributed by atoms with E-state index in [0.717, 1.165) is 80.1 Å². The van der Waals surface area contributed by atoms with Gasteiger partial charge < -0.3 is 14.4 Å². The highest BCUT2D eigenvalue weighted by Crippen LogP contribution is 2.46. The van der Waals surface area contributed by atoms with Crippen LogP contribution in [0.4, 0.5) is 4.79 Å². The van der Waals surface area contributed by atoms with E-state index in [1.807, 2.05) is 29.4 Å². The first-order chi connectivity index (χ1) is 18.1. The molecule has 0 aromatic heterocycles. The maximum Gasteiger partial charge on any atom is 0.325 e. The monoisotopic (exact) mass is 502 g/mol. The minimum atomic E-state index is -0.249. The van der Waals surface area contributed by atoms with Crippen molar-refractivity contribution in [2.75, 3.05) is 40.4 Å². The number of rotatable bonds is 5. The molecular formula is C30H38N4O3. The Morgan fingerprint density at radius 2 is 1.92 bits per heavy atom. The van der Waals surface area contributed by atoms with Crippen molar-refractivity contribution in [3.05, 3.63) is 71.1 Å². The number of amides is 2. The van der Waals surface area contributed by atoms with Crippen LogP contribution in [0.1, 0.15) is 43.7 Å². The Labute approximate surface area is 220 Å². The number of fused-ring (bicyclic) bond motifs is 3. The van der Waals surface area contributed by atoms with Gasteiger partial charge in [0.15, 0.2) is 0 Å². The van der Waals surface area contributed by atoms with Crippen LogP contribution in [0.3, 0.4) is 0 Å². The number of hydrogen-bond donors (Lipinski definition) is 0. The van der Waals surface area contributed by atoms with Crippen molar-refractivity contribution >= 4 is 12.2 Å². The maximum atomic E-state index is 13.7. The third kappa shape index (κ3) is 4.85. The fourth-order valence-electron chi connectivity index (χ4n) is 6.24. The summed E-state index contributed by atoms with van der Waals surface area (Å²) in [5, 5.41) is 0. The van der Waals surface area contributed by atoms with Crippen molar-refractivity contribution in [3.63, 3.8) is 0 Å². The lowest BCUT2D eigenvalue weighted by Crippen LogP contribution is -2.53. The number of ether oxygens (including phenoxy) is 2. The minimum absolute atomic E-state index is 0.114. The van der Waals surface area contributed by atoms with Crippen molar-refractivity contribution in [2.45, 2.75) is 51.1 Å². The zero-order valence-corrected chi connectivity index (χ0v) is 22.3. The first-order valence-electron chi connectivity index (χ1n) is 13.4. The Morgan fingerprint density at radius 1 is 1.08 bits per heavy atom. The Kier molecular flexibility index (Phi) is 7.51. The van der Waals surface area contributed by atoms with E-state index in [1.54, 1.807) is 14.2 Å². The molecule has 0 radical (unpaired) electrons.